The Kier molecular flexibility index (Phi) is 4.31. The van der Waals surface area contributed by atoms with E-state index in [-0.39, 0.29) is 5.56 Å². The minimum Gasteiger partial charge on any atom is -0.347 e. The Morgan fingerprint density at radius 3 is 2.50 bits per heavy atom. The fourth-order valence-electron chi connectivity index (χ4n) is 1.69. The van der Waals surface area contributed by atoms with Gasteiger partial charge in [-0.1, -0.05) is 0 Å². The van der Waals surface area contributed by atoms with E-state index in [1.54, 1.807) is 0 Å². The van der Waals surface area contributed by atoms with E-state index in [2.05, 4.69) is 5.32 Å². The van der Waals surface area contributed by atoms with Crippen LogP contribution < -0.4 is 16.6 Å². The Balaban J connectivity index is 2.12. The van der Waals surface area contributed by atoms with Gasteiger partial charge in [-0.3, -0.25) is 10.6 Å². The van der Waals surface area contributed by atoms with Gasteiger partial charge in [-0.05, 0) is 36.1 Å². The van der Waals surface area contributed by atoms with Crippen LogP contribution >= 0.6 is 11.3 Å². The molecule has 1 aromatic carbocycles. The number of thiophene rings is 1. The van der Waals surface area contributed by atoms with Crippen LogP contribution in [0.1, 0.15) is 20.8 Å². The molecule has 20 heavy (non-hydrogen) atoms. The number of carbonyl (C=O) groups excluding carboxylic acids is 1. The number of nitrogens with one attached hydrogen (secondary N) is 2. The fourth-order valence-corrected chi connectivity index (χ4v) is 2.54. The Morgan fingerprint density at radius 1 is 1.35 bits per heavy atom. The van der Waals surface area contributed by atoms with Gasteiger partial charge in [0.05, 0.1) is 6.54 Å². The molecule has 1 amide bonds. The summed E-state index contributed by atoms with van der Waals surface area (Å²) < 4.78 is 27.0. The number of hydrogen-bond donors (Lipinski definition) is 3. The van der Waals surface area contributed by atoms with Gasteiger partial charge in [0, 0.05) is 10.4 Å². The summed E-state index contributed by atoms with van der Waals surface area (Å²) in [6.07, 6.45) is 0. The molecule has 4 N–H and O–H groups in total. The molecular formula is C13H13F2N3OS. The molecule has 0 fully saturated rings. The Hall–Kier alpha value is -1.99. The van der Waals surface area contributed by atoms with Crippen molar-refractivity contribution in [2.75, 3.05) is 5.43 Å². The monoisotopic (exact) mass is 297 g/mol. The maximum absolute atomic E-state index is 13.5. The fraction of sp³-hybridized carbons (Fsp3) is 0.154. The van der Waals surface area contributed by atoms with Crippen LogP contribution in [0.15, 0.2) is 23.6 Å². The van der Waals surface area contributed by atoms with Crippen LogP contribution in [0.3, 0.4) is 0 Å². The number of amides is 1. The lowest BCUT2D eigenvalue weighted by Gasteiger charge is -2.08. The summed E-state index contributed by atoms with van der Waals surface area (Å²) in [5, 5.41) is 4.54. The smallest absolute Gasteiger partial charge is 0.251 e. The minimum absolute atomic E-state index is 0.0896. The first-order valence-electron chi connectivity index (χ1n) is 5.79. The summed E-state index contributed by atoms with van der Waals surface area (Å²) >= 11 is 1.51. The zero-order valence-electron chi connectivity index (χ0n) is 10.7. The molecule has 0 aliphatic carbocycles. The highest BCUT2D eigenvalue weighted by Gasteiger charge is 2.14. The maximum Gasteiger partial charge on any atom is 0.251 e. The van der Waals surface area contributed by atoms with Gasteiger partial charge in [-0.25, -0.2) is 8.78 Å². The molecule has 0 radical (unpaired) electrons. The number of nitrogen functional groups attached to an aromatic ring is 1. The van der Waals surface area contributed by atoms with Crippen LogP contribution in [0.25, 0.3) is 0 Å². The molecule has 2 rings (SSSR count). The molecule has 7 heteroatoms. The van der Waals surface area contributed by atoms with Crippen LogP contribution in [-0.4, -0.2) is 5.91 Å². The zero-order chi connectivity index (χ0) is 14.7. The van der Waals surface area contributed by atoms with Crippen molar-refractivity contribution in [3.05, 3.63) is 51.2 Å². The van der Waals surface area contributed by atoms with Crippen LogP contribution in [0.2, 0.25) is 0 Å². The number of hydrogen-bond acceptors (Lipinski definition) is 4. The number of benzene rings is 1. The van der Waals surface area contributed by atoms with Crippen LogP contribution in [0.4, 0.5) is 14.5 Å². The lowest BCUT2D eigenvalue weighted by molar-refractivity contribution is 0.0950. The first kappa shape index (κ1) is 14.4. The van der Waals surface area contributed by atoms with Crippen molar-refractivity contribution in [1.29, 1.82) is 0 Å². The summed E-state index contributed by atoms with van der Waals surface area (Å²) in [7, 11) is 0. The highest BCUT2D eigenvalue weighted by atomic mass is 32.1. The number of nitrogens with two attached hydrogens (primary N) is 1. The van der Waals surface area contributed by atoms with Crippen molar-refractivity contribution >= 4 is 22.9 Å². The van der Waals surface area contributed by atoms with Gasteiger partial charge >= 0.3 is 0 Å². The average molecular weight is 297 g/mol. The molecule has 0 saturated carbocycles. The first-order chi connectivity index (χ1) is 9.52. The third kappa shape index (κ3) is 2.94. The van der Waals surface area contributed by atoms with E-state index in [0.29, 0.717) is 6.54 Å². The number of halogens is 2. The molecule has 4 nitrogen and oxygen atoms in total. The van der Waals surface area contributed by atoms with E-state index in [1.807, 2.05) is 23.8 Å². The molecule has 0 saturated heterocycles. The lowest BCUT2D eigenvalue weighted by Crippen LogP contribution is -2.23. The van der Waals surface area contributed by atoms with E-state index in [1.165, 1.54) is 11.3 Å². The van der Waals surface area contributed by atoms with Crippen molar-refractivity contribution in [3.8, 4) is 0 Å². The Labute approximate surface area is 118 Å². The SMILES string of the molecule is Cc1ccsc1CNC(=O)c1cc(F)c(NN)c(F)c1. The summed E-state index contributed by atoms with van der Waals surface area (Å²) in [6, 6.07) is 3.82. The van der Waals surface area contributed by atoms with Crippen molar-refractivity contribution in [2.24, 2.45) is 5.84 Å². The molecule has 0 unspecified atom stereocenters. The Bertz CT molecular complexity index is 619. The first-order valence-corrected chi connectivity index (χ1v) is 6.67. The highest BCUT2D eigenvalue weighted by Crippen LogP contribution is 2.20. The molecule has 0 aliphatic heterocycles. The molecule has 2 aromatic rings. The number of hydrazine groups is 1. The molecule has 0 bridgehead atoms. The van der Waals surface area contributed by atoms with Gasteiger partial charge in [0.2, 0.25) is 0 Å². The normalized spacial score (nSPS) is 10.4. The number of carbonyl (C=O) groups is 1. The van der Waals surface area contributed by atoms with E-state index >= 15 is 0 Å². The summed E-state index contributed by atoms with van der Waals surface area (Å²) in [5.41, 5.74) is 2.42. The largest absolute Gasteiger partial charge is 0.347 e. The second kappa shape index (κ2) is 5.98. The van der Waals surface area contributed by atoms with Crippen molar-refractivity contribution in [2.45, 2.75) is 13.5 Å². The standard InChI is InChI=1S/C13H13F2N3OS/c1-7-2-3-20-11(7)6-17-13(19)8-4-9(14)12(18-16)10(15)5-8/h2-5,18H,6,16H2,1H3,(H,17,19). The second-order valence-electron chi connectivity index (χ2n) is 4.17. The lowest BCUT2D eigenvalue weighted by atomic mass is 10.1. The number of anilines is 1. The van der Waals surface area contributed by atoms with Gasteiger partial charge in [0.1, 0.15) is 5.69 Å². The van der Waals surface area contributed by atoms with Crippen LogP contribution in [-0.2, 0) is 6.54 Å². The van der Waals surface area contributed by atoms with Crippen molar-refractivity contribution in [1.82, 2.24) is 5.32 Å². The maximum atomic E-state index is 13.5. The van der Waals surface area contributed by atoms with Gasteiger partial charge in [-0.15, -0.1) is 11.3 Å². The highest BCUT2D eigenvalue weighted by molar-refractivity contribution is 7.10. The number of aryl methyl sites for hydroxylation is 1. The number of rotatable bonds is 4. The molecule has 106 valence electrons. The van der Waals surface area contributed by atoms with E-state index < -0.39 is 23.2 Å². The molecule has 1 aromatic heterocycles. The van der Waals surface area contributed by atoms with Gasteiger partial charge < -0.3 is 10.7 Å². The second-order valence-corrected chi connectivity index (χ2v) is 5.17. The van der Waals surface area contributed by atoms with Gasteiger partial charge in [-0.2, -0.15) is 0 Å². The van der Waals surface area contributed by atoms with Crippen molar-refractivity contribution < 1.29 is 13.6 Å². The van der Waals surface area contributed by atoms with Gasteiger partial charge in [0.25, 0.3) is 5.91 Å². The minimum atomic E-state index is -0.912. The predicted molar refractivity (Wildman–Crippen MR) is 74.4 cm³/mol. The quantitative estimate of drug-likeness (QED) is 0.600. The molecule has 0 aliphatic rings. The zero-order valence-corrected chi connectivity index (χ0v) is 11.5. The summed E-state index contributed by atoms with van der Waals surface area (Å²) in [5.74, 6) is 2.62. The molecule has 0 atom stereocenters. The van der Waals surface area contributed by atoms with Crippen LogP contribution in [0, 0.1) is 18.6 Å². The molecule has 0 spiro atoms. The summed E-state index contributed by atoms with van der Waals surface area (Å²) in [6.45, 7) is 2.25. The molecular weight excluding hydrogens is 284 g/mol. The third-order valence-corrected chi connectivity index (χ3v) is 3.85. The average Bonchev–Trinajstić information content (AvgIpc) is 2.81. The van der Waals surface area contributed by atoms with Gasteiger partial charge in [0.15, 0.2) is 11.6 Å². The molecule has 1 heterocycles. The third-order valence-electron chi connectivity index (χ3n) is 2.83. The van der Waals surface area contributed by atoms with E-state index in [4.69, 9.17) is 5.84 Å². The van der Waals surface area contributed by atoms with E-state index in [0.717, 1.165) is 22.6 Å². The topological polar surface area (TPSA) is 67.2 Å². The van der Waals surface area contributed by atoms with Crippen molar-refractivity contribution in [3.63, 3.8) is 0 Å². The van der Waals surface area contributed by atoms with E-state index in [9.17, 15) is 13.6 Å². The summed E-state index contributed by atoms with van der Waals surface area (Å²) in [4.78, 5) is 12.9. The van der Waals surface area contributed by atoms with Crippen LogP contribution in [0.5, 0.6) is 0 Å². The predicted octanol–water partition coefficient (Wildman–Crippen LogP) is 2.55. The Morgan fingerprint density at radius 2 is 2.00 bits per heavy atom.